The summed E-state index contributed by atoms with van der Waals surface area (Å²) in [6.45, 7) is 7.06. The SMILES string of the molecule is COc1ccc2c(c1)CCC(C(C)(C)C)C2. The number of methoxy groups -OCH3 is 1. The maximum atomic E-state index is 5.27. The van der Waals surface area contributed by atoms with Gasteiger partial charge >= 0.3 is 0 Å². The lowest BCUT2D eigenvalue weighted by Crippen LogP contribution is -2.26. The molecule has 0 spiro atoms. The summed E-state index contributed by atoms with van der Waals surface area (Å²) >= 11 is 0. The molecule has 1 aromatic rings. The molecular formula is C15H22O. The largest absolute Gasteiger partial charge is 0.497 e. The summed E-state index contributed by atoms with van der Waals surface area (Å²) in [5, 5.41) is 0. The standard InChI is InChI=1S/C15H22O/c1-15(2,3)13-7-5-12-10-14(16-4)8-6-11(12)9-13/h6,8,10,13H,5,7,9H2,1-4H3. The molecule has 0 bridgehead atoms. The molecule has 1 heteroatoms. The van der Waals surface area contributed by atoms with E-state index in [0.717, 1.165) is 11.7 Å². The van der Waals surface area contributed by atoms with Crippen molar-refractivity contribution in [3.8, 4) is 5.75 Å². The zero-order chi connectivity index (χ0) is 11.8. The normalized spacial score (nSPS) is 20.4. The first kappa shape index (κ1) is 11.5. The van der Waals surface area contributed by atoms with Gasteiger partial charge in [0.15, 0.2) is 0 Å². The quantitative estimate of drug-likeness (QED) is 0.695. The van der Waals surface area contributed by atoms with Gasteiger partial charge in [0.2, 0.25) is 0 Å². The second-order valence-corrected chi connectivity index (χ2v) is 5.94. The molecule has 1 aliphatic rings. The van der Waals surface area contributed by atoms with E-state index in [9.17, 15) is 0 Å². The Bertz CT molecular complexity index is 374. The Morgan fingerprint density at radius 2 is 1.94 bits per heavy atom. The molecule has 1 atom stereocenters. The maximum Gasteiger partial charge on any atom is 0.119 e. The van der Waals surface area contributed by atoms with Gasteiger partial charge in [-0.3, -0.25) is 0 Å². The molecule has 1 unspecified atom stereocenters. The van der Waals surface area contributed by atoms with E-state index >= 15 is 0 Å². The molecule has 0 N–H and O–H groups in total. The second kappa shape index (κ2) is 4.12. The van der Waals surface area contributed by atoms with Crippen molar-refractivity contribution in [1.82, 2.24) is 0 Å². The van der Waals surface area contributed by atoms with Gasteiger partial charge in [0, 0.05) is 0 Å². The van der Waals surface area contributed by atoms with Crippen LogP contribution in [0, 0.1) is 11.3 Å². The Morgan fingerprint density at radius 3 is 2.56 bits per heavy atom. The Labute approximate surface area is 98.8 Å². The minimum Gasteiger partial charge on any atom is -0.497 e. The first-order valence-electron chi connectivity index (χ1n) is 6.16. The van der Waals surface area contributed by atoms with Crippen molar-refractivity contribution in [2.45, 2.75) is 40.0 Å². The molecule has 1 aromatic carbocycles. The Balaban J connectivity index is 2.22. The molecule has 0 saturated heterocycles. The number of benzene rings is 1. The summed E-state index contributed by atoms with van der Waals surface area (Å²) in [7, 11) is 1.74. The Morgan fingerprint density at radius 1 is 1.19 bits per heavy atom. The fourth-order valence-corrected chi connectivity index (χ4v) is 2.60. The van der Waals surface area contributed by atoms with Gasteiger partial charge in [-0.1, -0.05) is 26.8 Å². The maximum absolute atomic E-state index is 5.27. The van der Waals surface area contributed by atoms with Crippen LogP contribution < -0.4 is 4.74 Å². The van der Waals surface area contributed by atoms with Crippen molar-refractivity contribution in [2.75, 3.05) is 7.11 Å². The highest BCUT2D eigenvalue weighted by Gasteiger charge is 2.28. The Hall–Kier alpha value is -0.980. The van der Waals surface area contributed by atoms with Gasteiger partial charge in [-0.15, -0.1) is 0 Å². The molecule has 0 aliphatic heterocycles. The number of hydrogen-bond acceptors (Lipinski definition) is 1. The van der Waals surface area contributed by atoms with Gasteiger partial charge in [-0.25, -0.2) is 0 Å². The lowest BCUT2D eigenvalue weighted by atomic mass is 9.70. The zero-order valence-corrected chi connectivity index (χ0v) is 10.8. The molecule has 0 aromatic heterocycles. The van der Waals surface area contributed by atoms with E-state index in [0.29, 0.717) is 5.41 Å². The zero-order valence-electron chi connectivity index (χ0n) is 10.8. The predicted molar refractivity (Wildman–Crippen MR) is 68.0 cm³/mol. The van der Waals surface area contributed by atoms with Crippen LogP contribution in [0.2, 0.25) is 0 Å². The van der Waals surface area contributed by atoms with Gasteiger partial charge in [-0.2, -0.15) is 0 Å². The smallest absolute Gasteiger partial charge is 0.119 e. The molecule has 0 radical (unpaired) electrons. The van der Waals surface area contributed by atoms with E-state index in [1.165, 1.54) is 30.4 Å². The molecule has 16 heavy (non-hydrogen) atoms. The highest BCUT2D eigenvalue weighted by molar-refractivity contribution is 5.37. The van der Waals surface area contributed by atoms with Crippen molar-refractivity contribution in [3.05, 3.63) is 29.3 Å². The molecule has 88 valence electrons. The fraction of sp³-hybridized carbons (Fsp3) is 0.600. The van der Waals surface area contributed by atoms with E-state index < -0.39 is 0 Å². The van der Waals surface area contributed by atoms with Gasteiger partial charge in [0.05, 0.1) is 7.11 Å². The molecule has 0 amide bonds. The molecular weight excluding hydrogens is 196 g/mol. The first-order valence-corrected chi connectivity index (χ1v) is 6.16. The Kier molecular flexibility index (Phi) is 2.96. The number of rotatable bonds is 1. The highest BCUT2D eigenvalue weighted by Crippen LogP contribution is 2.37. The van der Waals surface area contributed by atoms with Crippen LogP contribution in [0.5, 0.6) is 5.75 Å². The average molecular weight is 218 g/mol. The average Bonchev–Trinajstić information content (AvgIpc) is 2.26. The number of aryl methyl sites for hydroxylation is 1. The summed E-state index contributed by atoms with van der Waals surface area (Å²) in [6, 6.07) is 6.53. The minimum absolute atomic E-state index is 0.428. The predicted octanol–water partition coefficient (Wildman–Crippen LogP) is 3.85. The third kappa shape index (κ3) is 2.23. The monoisotopic (exact) mass is 218 g/mol. The van der Waals surface area contributed by atoms with Crippen LogP contribution >= 0.6 is 0 Å². The first-order chi connectivity index (χ1) is 7.50. The summed E-state index contributed by atoms with van der Waals surface area (Å²) in [5.74, 6) is 1.81. The molecule has 1 nitrogen and oxygen atoms in total. The molecule has 0 fully saturated rings. The van der Waals surface area contributed by atoms with Crippen molar-refractivity contribution >= 4 is 0 Å². The van der Waals surface area contributed by atoms with E-state index in [4.69, 9.17) is 4.74 Å². The molecule has 1 aliphatic carbocycles. The van der Waals surface area contributed by atoms with Crippen LogP contribution in [0.15, 0.2) is 18.2 Å². The second-order valence-electron chi connectivity index (χ2n) is 5.94. The van der Waals surface area contributed by atoms with Crippen LogP contribution in [0.1, 0.15) is 38.3 Å². The van der Waals surface area contributed by atoms with E-state index in [2.05, 4.69) is 39.0 Å². The number of ether oxygens (including phenoxy) is 1. The summed E-state index contributed by atoms with van der Waals surface area (Å²) < 4.78 is 5.27. The van der Waals surface area contributed by atoms with Crippen LogP contribution in [-0.2, 0) is 12.8 Å². The van der Waals surface area contributed by atoms with E-state index in [1.807, 2.05) is 0 Å². The van der Waals surface area contributed by atoms with Crippen molar-refractivity contribution in [1.29, 1.82) is 0 Å². The number of fused-ring (bicyclic) bond motifs is 1. The molecule has 2 rings (SSSR count). The van der Waals surface area contributed by atoms with Gasteiger partial charge < -0.3 is 4.74 Å². The summed E-state index contributed by atoms with van der Waals surface area (Å²) in [5.41, 5.74) is 3.43. The fourth-order valence-electron chi connectivity index (χ4n) is 2.60. The lowest BCUT2D eigenvalue weighted by Gasteiger charge is -2.35. The summed E-state index contributed by atoms with van der Waals surface area (Å²) in [4.78, 5) is 0. The van der Waals surface area contributed by atoms with E-state index in [-0.39, 0.29) is 0 Å². The van der Waals surface area contributed by atoms with Crippen molar-refractivity contribution in [3.63, 3.8) is 0 Å². The van der Waals surface area contributed by atoms with Gasteiger partial charge in [-0.05, 0) is 53.9 Å². The van der Waals surface area contributed by atoms with Crippen LogP contribution in [0.25, 0.3) is 0 Å². The van der Waals surface area contributed by atoms with Gasteiger partial charge in [0.1, 0.15) is 5.75 Å². The van der Waals surface area contributed by atoms with Crippen LogP contribution in [-0.4, -0.2) is 7.11 Å². The van der Waals surface area contributed by atoms with E-state index in [1.54, 1.807) is 7.11 Å². The minimum atomic E-state index is 0.428. The van der Waals surface area contributed by atoms with Gasteiger partial charge in [0.25, 0.3) is 0 Å². The van der Waals surface area contributed by atoms with Crippen LogP contribution in [0.3, 0.4) is 0 Å². The topological polar surface area (TPSA) is 9.23 Å². The molecule has 0 saturated carbocycles. The molecule has 0 heterocycles. The van der Waals surface area contributed by atoms with Crippen molar-refractivity contribution in [2.24, 2.45) is 11.3 Å². The third-order valence-corrected chi connectivity index (χ3v) is 3.87. The third-order valence-electron chi connectivity index (χ3n) is 3.87. The van der Waals surface area contributed by atoms with Crippen molar-refractivity contribution < 1.29 is 4.74 Å². The number of hydrogen-bond donors (Lipinski definition) is 0. The summed E-state index contributed by atoms with van der Waals surface area (Å²) in [6.07, 6.45) is 3.74. The lowest BCUT2D eigenvalue weighted by molar-refractivity contribution is 0.216. The van der Waals surface area contributed by atoms with Crippen LogP contribution in [0.4, 0.5) is 0 Å². The highest BCUT2D eigenvalue weighted by atomic mass is 16.5.